The third-order valence-corrected chi connectivity index (χ3v) is 3.88. The van der Waals surface area contributed by atoms with Gasteiger partial charge in [0.15, 0.2) is 0 Å². The predicted octanol–water partition coefficient (Wildman–Crippen LogP) is 4.56. The normalized spacial score (nSPS) is 10.3. The minimum absolute atomic E-state index is 0.600. The van der Waals surface area contributed by atoms with Crippen molar-refractivity contribution in [3.8, 4) is 11.3 Å². The summed E-state index contributed by atoms with van der Waals surface area (Å²) in [6.45, 7) is 0.702. The summed E-state index contributed by atoms with van der Waals surface area (Å²) in [5.41, 5.74) is 3.14. The van der Waals surface area contributed by atoms with Gasteiger partial charge >= 0.3 is 0 Å². The Balaban J connectivity index is 1.84. The van der Waals surface area contributed by atoms with E-state index < -0.39 is 0 Å². The second-order valence-electron chi connectivity index (χ2n) is 5.06. The number of hydrogen-bond acceptors (Lipinski definition) is 4. The molecule has 23 heavy (non-hydrogen) atoms. The minimum Gasteiger partial charge on any atom is -0.366 e. The number of aromatic nitrogens is 2. The summed E-state index contributed by atoms with van der Waals surface area (Å²) in [7, 11) is 1.82. The first-order chi connectivity index (χ1) is 11.2. The lowest BCUT2D eigenvalue weighted by atomic mass is 10.1. The van der Waals surface area contributed by atoms with E-state index in [9.17, 15) is 0 Å². The van der Waals surface area contributed by atoms with Gasteiger partial charge in [-0.2, -0.15) is 4.98 Å². The maximum atomic E-state index is 4.52. The largest absolute Gasteiger partial charge is 0.366 e. The van der Waals surface area contributed by atoms with Gasteiger partial charge in [-0.3, -0.25) is 0 Å². The summed E-state index contributed by atoms with van der Waals surface area (Å²) in [5, 5.41) is 6.38. The molecule has 0 unspecified atom stereocenters. The molecule has 0 spiro atoms. The topological polar surface area (TPSA) is 49.8 Å². The van der Waals surface area contributed by atoms with Crippen LogP contribution in [0.5, 0.6) is 0 Å². The van der Waals surface area contributed by atoms with Crippen LogP contribution in [0.3, 0.4) is 0 Å². The SMILES string of the molecule is CNc1nc(NCc2cccc(Br)c2)cc(-c2ccccc2)n1. The highest BCUT2D eigenvalue weighted by atomic mass is 79.9. The van der Waals surface area contributed by atoms with Crippen molar-refractivity contribution in [2.75, 3.05) is 17.7 Å². The van der Waals surface area contributed by atoms with Crippen molar-refractivity contribution >= 4 is 27.7 Å². The average molecular weight is 369 g/mol. The molecule has 2 N–H and O–H groups in total. The van der Waals surface area contributed by atoms with Crippen LogP contribution >= 0.6 is 15.9 Å². The van der Waals surface area contributed by atoms with Crippen molar-refractivity contribution in [3.63, 3.8) is 0 Å². The Morgan fingerprint density at radius 1 is 0.957 bits per heavy atom. The molecule has 0 aliphatic carbocycles. The van der Waals surface area contributed by atoms with E-state index in [1.807, 2.05) is 55.6 Å². The molecule has 0 aliphatic rings. The van der Waals surface area contributed by atoms with E-state index >= 15 is 0 Å². The molecular formula is C18H17BrN4. The van der Waals surface area contributed by atoms with Gasteiger partial charge in [0.1, 0.15) is 5.82 Å². The van der Waals surface area contributed by atoms with Crippen molar-refractivity contribution in [1.29, 1.82) is 0 Å². The highest BCUT2D eigenvalue weighted by Gasteiger charge is 2.06. The van der Waals surface area contributed by atoms with Crippen LogP contribution in [0.4, 0.5) is 11.8 Å². The van der Waals surface area contributed by atoms with Gasteiger partial charge in [0.25, 0.3) is 0 Å². The van der Waals surface area contributed by atoms with E-state index in [2.05, 4.69) is 48.7 Å². The fourth-order valence-electron chi connectivity index (χ4n) is 2.25. The number of nitrogens with one attached hydrogen (secondary N) is 2. The van der Waals surface area contributed by atoms with Gasteiger partial charge in [-0.25, -0.2) is 4.98 Å². The van der Waals surface area contributed by atoms with E-state index in [-0.39, 0.29) is 0 Å². The van der Waals surface area contributed by atoms with Crippen LogP contribution in [-0.2, 0) is 6.54 Å². The smallest absolute Gasteiger partial charge is 0.224 e. The zero-order valence-electron chi connectivity index (χ0n) is 12.8. The molecule has 0 fully saturated rings. The molecule has 3 rings (SSSR count). The third-order valence-electron chi connectivity index (χ3n) is 3.38. The van der Waals surface area contributed by atoms with E-state index in [1.165, 1.54) is 5.56 Å². The molecule has 1 heterocycles. The number of nitrogens with zero attached hydrogens (tertiary/aromatic N) is 2. The predicted molar refractivity (Wildman–Crippen MR) is 98.5 cm³/mol. The van der Waals surface area contributed by atoms with Gasteiger partial charge in [-0.15, -0.1) is 0 Å². The molecule has 0 amide bonds. The summed E-state index contributed by atoms with van der Waals surface area (Å²) in [6, 6.07) is 20.3. The van der Waals surface area contributed by atoms with E-state index in [1.54, 1.807) is 0 Å². The second-order valence-corrected chi connectivity index (χ2v) is 5.98. The lowest BCUT2D eigenvalue weighted by Crippen LogP contribution is -2.05. The molecule has 0 saturated carbocycles. The summed E-state index contributed by atoms with van der Waals surface area (Å²) in [4.78, 5) is 8.99. The summed E-state index contributed by atoms with van der Waals surface area (Å²) in [6.07, 6.45) is 0. The Bertz CT molecular complexity index is 790. The fourth-order valence-corrected chi connectivity index (χ4v) is 2.69. The van der Waals surface area contributed by atoms with E-state index in [4.69, 9.17) is 0 Å². The number of halogens is 1. The lowest BCUT2D eigenvalue weighted by molar-refractivity contribution is 1.08. The molecule has 116 valence electrons. The number of benzene rings is 2. The van der Waals surface area contributed by atoms with E-state index in [0.717, 1.165) is 21.5 Å². The van der Waals surface area contributed by atoms with Gasteiger partial charge in [-0.05, 0) is 17.7 Å². The van der Waals surface area contributed by atoms with Crippen LogP contribution in [0.15, 0.2) is 65.1 Å². The quantitative estimate of drug-likeness (QED) is 0.692. The Kier molecular flexibility index (Phi) is 4.88. The minimum atomic E-state index is 0.600. The lowest BCUT2D eigenvalue weighted by Gasteiger charge is -2.10. The van der Waals surface area contributed by atoms with Gasteiger partial charge in [-0.1, -0.05) is 58.4 Å². The van der Waals surface area contributed by atoms with Crippen molar-refractivity contribution in [2.24, 2.45) is 0 Å². The molecule has 5 heteroatoms. The van der Waals surface area contributed by atoms with Crippen molar-refractivity contribution in [2.45, 2.75) is 6.54 Å². The van der Waals surface area contributed by atoms with Crippen LogP contribution in [0.1, 0.15) is 5.56 Å². The Morgan fingerprint density at radius 2 is 1.78 bits per heavy atom. The number of anilines is 2. The molecule has 2 aromatic carbocycles. The molecule has 0 bridgehead atoms. The molecule has 3 aromatic rings. The molecule has 0 aliphatic heterocycles. The van der Waals surface area contributed by atoms with Gasteiger partial charge < -0.3 is 10.6 Å². The van der Waals surface area contributed by atoms with Gasteiger partial charge in [0.05, 0.1) is 5.69 Å². The fraction of sp³-hybridized carbons (Fsp3) is 0.111. The highest BCUT2D eigenvalue weighted by Crippen LogP contribution is 2.21. The molecule has 0 radical (unpaired) electrons. The monoisotopic (exact) mass is 368 g/mol. The van der Waals surface area contributed by atoms with Crippen molar-refractivity contribution < 1.29 is 0 Å². The first-order valence-electron chi connectivity index (χ1n) is 7.35. The zero-order chi connectivity index (χ0) is 16.1. The summed E-state index contributed by atoms with van der Waals surface area (Å²) < 4.78 is 1.07. The summed E-state index contributed by atoms with van der Waals surface area (Å²) in [5.74, 6) is 1.39. The maximum Gasteiger partial charge on any atom is 0.224 e. The van der Waals surface area contributed by atoms with Crippen LogP contribution < -0.4 is 10.6 Å². The van der Waals surface area contributed by atoms with Gasteiger partial charge in [0.2, 0.25) is 5.95 Å². The second kappa shape index (κ2) is 7.24. The van der Waals surface area contributed by atoms with Crippen LogP contribution in [-0.4, -0.2) is 17.0 Å². The average Bonchev–Trinajstić information content (AvgIpc) is 2.60. The van der Waals surface area contributed by atoms with Crippen molar-refractivity contribution in [1.82, 2.24) is 9.97 Å². The molecule has 0 atom stereocenters. The standard InChI is InChI=1S/C18H17BrN4/c1-20-18-22-16(14-7-3-2-4-8-14)11-17(23-18)21-12-13-6-5-9-15(19)10-13/h2-11H,12H2,1H3,(H2,20,21,22,23). The number of hydrogen-bond donors (Lipinski definition) is 2. The zero-order valence-corrected chi connectivity index (χ0v) is 14.3. The van der Waals surface area contributed by atoms with Crippen molar-refractivity contribution in [3.05, 3.63) is 70.7 Å². The Morgan fingerprint density at radius 3 is 2.52 bits per heavy atom. The van der Waals surface area contributed by atoms with Crippen LogP contribution in [0.2, 0.25) is 0 Å². The highest BCUT2D eigenvalue weighted by molar-refractivity contribution is 9.10. The summed E-state index contributed by atoms with van der Waals surface area (Å²) >= 11 is 3.49. The van der Waals surface area contributed by atoms with Crippen LogP contribution in [0.25, 0.3) is 11.3 Å². The number of rotatable bonds is 5. The molecular weight excluding hydrogens is 352 g/mol. The van der Waals surface area contributed by atoms with E-state index in [0.29, 0.717) is 12.5 Å². The van der Waals surface area contributed by atoms with Crippen LogP contribution in [0, 0.1) is 0 Å². The van der Waals surface area contributed by atoms with Gasteiger partial charge in [0, 0.05) is 29.7 Å². The Hall–Kier alpha value is -2.40. The molecule has 0 saturated heterocycles. The first kappa shape index (κ1) is 15.5. The third kappa shape index (κ3) is 4.07. The molecule has 4 nitrogen and oxygen atoms in total. The molecule has 1 aromatic heterocycles. The maximum absolute atomic E-state index is 4.52. The Labute approximate surface area is 144 Å². The first-order valence-corrected chi connectivity index (χ1v) is 8.14.